The molecule has 1 aromatic carbocycles. The van der Waals surface area contributed by atoms with Gasteiger partial charge in [-0.25, -0.2) is 4.79 Å². The van der Waals surface area contributed by atoms with Crippen molar-refractivity contribution in [3.8, 4) is 5.75 Å². The first kappa shape index (κ1) is 26.3. The van der Waals surface area contributed by atoms with E-state index in [1.165, 1.54) is 5.56 Å². The molecule has 5 rings (SSSR count). The van der Waals surface area contributed by atoms with E-state index in [4.69, 9.17) is 19.4 Å². The van der Waals surface area contributed by atoms with E-state index in [-0.39, 0.29) is 16.8 Å². The van der Waals surface area contributed by atoms with Gasteiger partial charge in [0.15, 0.2) is 0 Å². The molecule has 1 aromatic heterocycles. The van der Waals surface area contributed by atoms with Crippen LogP contribution in [0, 0.1) is 0 Å². The van der Waals surface area contributed by atoms with Gasteiger partial charge in [0.05, 0.1) is 36.2 Å². The molecule has 1 unspecified atom stereocenters. The smallest absolute Gasteiger partial charge is 0.490 e. The Kier molecular flexibility index (Phi) is 8.09. The Balaban J connectivity index is 0.000000384. The average molecular weight is 525 g/mol. The van der Waals surface area contributed by atoms with Crippen LogP contribution in [0.4, 0.5) is 13.2 Å². The summed E-state index contributed by atoms with van der Waals surface area (Å²) in [5.74, 6) is -0.549. The van der Waals surface area contributed by atoms with Gasteiger partial charge < -0.3 is 19.5 Å². The molecule has 1 atom stereocenters. The Morgan fingerprint density at radius 2 is 2.03 bits per heavy atom. The number of nitrogens with zero attached hydrogens (tertiary/aromatic N) is 2. The highest BCUT2D eigenvalue weighted by Gasteiger charge is 2.50. The van der Waals surface area contributed by atoms with Crippen LogP contribution in [-0.4, -0.2) is 69.3 Å². The molecule has 2 aromatic rings. The molecule has 0 radical (unpaired) electrons. The Labute approximate surface area is 211 Å². The summed E-state index contributed by atoms with van der Waals surface area (Å²) in [7, 11) is 0. The van der Waals surface area contributed by atoms with E-state index >= 15 is 0 Å². The predicted molar refractivity (Wildman–Crippen MR) is 127 cm³/mol. The molecule has 0 saturated carbocycles. The van der Waals surface area contributed by atoms with Gasteiger partial charge in [0.2, 0.25) is 5.91 Å². The molecule has 7 nitrogen and oxygen atoms in total. The summed E-state index contributed by atoms with van der Waals surface area (Å²) in [6, 6.07) is 12.1. The summed E-state index contributed by atoms with van der Waals surface area (Å²) in [4.78, 5) is 28.0. The van der Waals surface area contributed by atoms with E-state index < -0.39 is 12.1 Å². The van der Waals surface area contributed by atoms with Crippen LogP contribution < -0.4 is 4.74 Å². The van der Waals surface area contributed by atoms with Crippen molar-refractivity contribution in [3.05, 3.63) is 59.4 Å². The standard InChI is InChI=1S/C23H26N2O3S.C2HF3O2/c26-22(11-17-6-7-21-18(10-17)4-3-9-27-21)25-15-23(16-25)12-20(14-29-23)28-13-19-5-1-2-8-24-19;3-2(4,5)1(6)7/h1-2,5-8,10,20H,3-4,9,11-16H2;(H,6,7). The van der Waals surface area contributed by atoms with Crippen LogP contribution in [0.15, 0.2) is 42.6 Å². The fourth-order valence-electron chi connectivity index (χ4n) is 4.45. The van der Waals surface area contributed by atoms with Gasteiger partial charge in [0.1, 0.15) is 5.75 Å². The van der Waals surface area contributed by atoms with Crippen molar-refractivity contribution in [1.29, 1.82) is 0 Å². The number of hydrogen-bond donors (Lipinski definition) is 1. The average Bonchev–Trinajstić information content (AvgIpc) is 3.27. The first-order valence-corrected chi connectivity index (χ1v) is 12.6. The third kappa shape index (κ3) is 6.70. The van der Waals surface area contributed by atoms with Crippen molar-refractivity contribution in [1.82, 2.24) is 9.88 Å². The Morgan fingerprint density at radius 3 is 2.72 bits per heavy atom. The number of carbonyl (C=O) groups is 2. The molecule has 0 aliphatic carbocycles. The number of halogens is 3. The highest BCUT2D eigenvalue weighted by atomic mass is 32.2. The van der Waals surface area contributed by atoms with Crippen molar-refractivity contribution in [2.75, 3.05) is 25.4 Å². The van der Waals surface area contributed by atoms with E-state index in [1.54, 1.807) is 6.20 Å². The van der Waals surface area contributed by atoms with Crippen molar-refractivity contribution < 1.29 is 37.3 Å². The molecule has 2 fully saturated rings. The fraction of sp³-hybridized carbons (Fsp3) is 0.480. The number of pyridine rings is 1. The number of likely N-dealkylation sites (tertiary alicyclic amines) is 1. The SMILES string of the molecule is O=C(Cc1ccc2c(c1)CCCO2)N1CC2(CC(OCc3ccccn3)CS2)C1.O=C(O)C(F)(F)F. The van der Waals surface area contributed by atoms with Gasteiger partial charge in [-0.05, 0) is 48.6 Å². The van der Waals surface area contributed by atoms with Gasteiger partial charge in [-0.3, -0.25) is 9.78 Å². The molecule has 4 heterocycles. The first-order chi connectivity index (χ1) is 17.1. The van der Waals surface area contributed by atoms with Crippen molar-refractivity contribution in [2.45, 2.75) is 49.3 Å². The fourth-order valence-corrected chi connectivity index (χ4v) is 6.00. The number of alkyl halides is 3. The topological polar surface area (TPSA) is 89.0 Å². The monoisotopic (exact) mass is 524 g/mol. The molecule has 0 bridgehead atoms. The number of amides is 1. The number of carboxylic acids is 1. The summed E-state index contributed by atoms with van der Waals surface area (Å²) < 4.78 is 43.7. The van der Waals surface area contributed by atoms with Crippen LogP contribution >= 0.6 is 11.8 Å². The lowest BCUT2D eigenvalue weighted by Crippen LogP contribution is -2.61. The number of aliphatic carboxylic acids is 1. The molecule has 1 amide bonds. The summed E-state index contributed by atoms with van der Waals surface area (Å²) in [5.41, 5.74) is 3.30. The molecule has 11 heteroatoms. The van der Waals surface area contributed by atoms with Gasteiger partial charge >= 0.3 is 12.1 Å². The molecule has 194 valence electrons. The number of carbonyl (C=O) groups excluding carboxylic acids is 1. The zero-order valence-corrected chi connectivity index (χ0v) is 20.3. The third-order valence-corrected chi connectivity index (χ3v) is 7.83. The number of aryl methyl sites for hydroxylation is 1. The number of benzene rings is 1. The predicted octanol–water partition coefficient (Wildman–Crippen LogP) is 3.89. The Hall–Kier alpha value is -2.79. The van der Waals surface area contributed by atoms with Crippen LogP contribution in [0.3, 0.4) is 0 Å². The van der Waals surface area contributed by atoms with E-state index in [0.29, 0.717) is 13.0 Å². The van der Waals surface area contributed by atoms with E-state index in [0.717, 1.165) is 61.7 Å². The minimum Gasteiger partial charge on any atom is -0.493 e. The molecule has 3 aliphatic rings. The zero-order valence-electron chi connectivity index (χ0n) is 19.5. The second-order valence-corrected chi connectivity index (χ2v) is 10.6. The summed E-state index contributed by atoms with van der Waals surface area (Å²) in [6.45, 7) is 3.04. The lowest BCUT2D eigenvalue weighted by Gasteiger charge is -2.47. The highest BCUT2D eigenvalue weighted by molar-refractivity contribution is 8.01. The molecule has 2 saturated heterocycles. The molecular formula is C25H27F3N2O5S. The number of aromatic nitrogens is 1. The Morgan fingerprint density at radius 1 is 1.25 bits per heavy atom. The molecule has 1 spiro atoms. The van der Waals surface area contributed by atoms with E-state index in [9.17, 15) is 18.0 Å². The van der Waals surface area contributed by atoms with Crippen molar-refractivity contribution >= 4 is 23.6 Å². The number of rotatable bonds is 5. The maximum Gasteiger partial charge on any atom is 0.490 e. The highest BCUT2D eigenvalue weighted by Crippen LogP contribution is 2.46. The molecule has 1 N–H and O–H groups in total. The quantitative estimate of drug-likeness (QED) is 0.635. The van der Waals surface area contributed by atoms with Crippen LogP contribution in [-0.2, 0) is 33.8 Å². The zero-order chi connectivity index (χ0) is 25.8. The minimum absolute atomic E-state index is 0.189. The Bertz CT molecular complexity index is 1080. The van der Waals surface area contributed by atoms with E-state index in [2.05, 4.69) is 11.1 Å². The van der Waals surface area contributed by atoms with Gasteiger partial charge in [-0.2, -0.15) is 13.2 Å². The number of hydrogen-bond acceptors (Lipinski definition) is 6. The van der Waals surface area contributed by atoms with Crippen LogP contribution in [0.1, 0.15) is 29.7 Å². The van der Waals surface area contributed by atoms with Crippen LogP contribution in [0.5, 0.6) is 5.75 Å². The van der Waals surface area contributed by atoms with Crippen molar-refractivity contribution in [2.24, 2.45) is 0 Å². The second-order valence-electron chi connectivity index (χ2n) is 9.08. The minimum atomic E-state index is -5.08. The first-order valence-electron chi connectivity index (χ1n) is 11.6. The molecule has 36 heavy (non-hydrogen) atoms. The van der Waals surface area contributed by atoms with Crippen molar-refractivity contribution in [3.63, 3.8) is 0 Å². The number of ether oxygens (including phenoxy) is 2. The summed E-state index contributed by atoms with van der Waals surface area (Å²) >= 11 is 1.96. The third-order valence-electron chi connectivity index (χ3n) is 6.25. The number of thioether (sulfide) groups is 1. The normalized spacial score (nSPS) is 20.0. The summed E-state index contributed by atoms with van der Waals surface area (Å²) in [6.07, 6.45) is 0.563. The second kappa shape index (κ2) is 11.1. The van der Waals surface area contributed by atoms with Gasteiger partial charge in [0, 0.05) is 25.0 Å². The van der Waals surface area contributed by atoms with E-state index in [1.807, 2.05) is 47.0 Å². The lowest BCUT2D eigenvalue weighted by atomic mass is 9.92. The number of carboxylic acid groups (broad SMARTS) is 1. The lowest BCUT2D eigenvalue weighted by molar-refractivity contribution is -0.192. The van der Waals surface area contributed by atoms with Crippen LogP contribution in [0.25, 0.3) is 0 Å². The van der Waals surface area contributed by atoms with Gasteiger partial charge in [-0.1, -0.05) is 18.2 Å². The maximum absolute atomic E-state index is 12.7. The number of fused-ring (bicyclic) bond motifs is 1. The van der Waals surface area contributed by atoms with Crippen LogP contribution in [0.2, 0.25) is 0 Å². The largest absolute Gasteiger partial charge is 0.493 e. The van der Waals surface area contributed by atoms with Gasteiger partial charge in [0.25, 0.3) is 0 Å². The summed E-state index contributed by atoms with van der Waals surface area (Å²) in [5, 5.41) is 7.12. The maximum atomic E-state index is 12.7. The van der Waals surface area contributed by atoms with Gasteiger partial charge in [-0.15, -0.1) is 11.8 Å². The molecular weight excluding hydrogens is 497 g/mol. The molecule has 3 aliphatic heterocycles.